The van der Waals surface area contributed by atoms with Crippen LogP contribution in [-0.2, 0) is 6.61 Å². The molecule has 3 aromatic rings. The first-order valence-electron chi connectivity index (χ1n) is 8.13. The molecule has 0 saturated heterocycles. The van der Waals surface area contributed by atoms with E-state index >= 15 is 0 Å². The molecule has 0 aliphatic rings. The Hall–Kier alpha value is -3.08. The van der Waals surface area contributed by atoms with Crippen LogP contribution in [0.1, 0.15) is 35.8 Å². The zero-order valence-corrected chi connectivity index (χ0v) is 14.2. The summed E-state index contributed by atoms with van der Waals surface area (Å²) in [5, 5.41) is 13.7. The fourth-order valence-electron chi connectivity index (χ4n) is 2.50. The summed E-state index contributed by atoms with van der Waals surface area (Å²) in [5.41, 5.74) is 2.93. The highest BCUT2D eigenvalue weighted by molar-refractivity contribution is 5.92. The van der Waals surface area contributed by atoms with Gasteiger partial charge in [0.05, 0.1) is 6.20 Å². The number of aromatic carboxylic acids is 1. The fraction of sp³-hybridized carbons (Fsp3) is 0.200. The maximum Gasteiger partial charge on any atom is 0.339 e. The number of hydrogen-bond donors (Lipinski definition) is 1. The molecule has 1 aromatic heterocycles. The van der Waals surface area contributed by atoms with E-state index in [1.165, 1.54) is 0 Å². The van der Waals surface area contributed by atoms with E-state index in [-0.39, 0.29) is 11.6 Å². The lowest BCUT2D eigenvalue weighted by Gasteiger charge is -2.11. The molecule has 5 heteroatoms. The summed E-state index contributed by atoms with van der Waals surface area (Å²) < 4.78 is 7.66. The van der Waals surface area contributed by atoms with Crippen LogP contribution in [0.5, 0.6) is 5.75 Å². The standard InChI is InChI=1S/C20H20N2O3/c1-14(2)22-12-17(11-21-22)16-8-9-18(20(23)24)19(10-16)25-13-15-6-4-3-5-7-15/h3-12,14H,13H2,1-2H3,(H,23,24). The summed E-state index contributed by atoms with van der Waals surface area (Å²) in [5.74, 6) is -0.654. The van der Waals surface area contributed by atoms with E-state index < -0.39 is 5.97 Å². The largest absolute Gasteiger partial charge is 0.488 e. The predicted molar refractivity (Wildman–Crippen MR) is 95.8 cm³/mol. The minimum atomic E-state index is -1.01. The molecule has 0 fully saturated rings. The Bertz CT molecular complexity index is 870. The lowest BCUT2D eigenvalue weighted by Crippen LogP contribution is -2.03. The third kappa shape index (κ3) is 3.88. The number of ether oxygens (including phenoxy) is 1. The van der Waals surface area contributed by atoms with Crippen LogP contribution in [0.4, 0.5) is 0 Å². The van der Waals surface area contributed by atoms with Crippen LogP contribution in [0.15, 0.2) is 60.9 Å². The van der Waals surface area contributed by atoms with Gasteiger partial charge < -0.3 is 9.84 Å². The number of carboxylic acid groups (broad SMARTS) is 1. The molecule has 0 atom stereocenters. The maximum absolute atomic E-state index is 11.5. The molecule has 0 unspecified atom stereocenters. The van der Waals surface area contributed by atoms with Crippen molar-refractivity contribution in [3.8, 4) is 16.9 Å². The second-order valence-electron chi connectivity index (χ2n) is 6.09. The third-order valence-electron chi connectivity index (χ3n) is 3.91. The van der Waals surface area contributed by atoms with Crippen LogP contribution in [0.25, 0.3) is 11.1 Å². The molecule has 0 amide bonds. The molecule has 0 aliphatic carbocycles. The van der Waals surface area contributed by atoms with E-state index in [1.807, 2.05) is 41.2 Å². The molecule has 25 heavy (non-hydrogen) atoms. The van der Waals surface area contributed by atoms with Crippen molar-refractivity contribution in [1.29, 1.82) is 0 Å². The van der Waals surface area contributed by atoms with Crippen LogP contribution in [0, 0.1) is 0 Å². The number of nitrogens with zero attached hydrogens (tertiary/aromatic N) is 2. The highest BCUT2D eigenvalue weighted by Crippen LogP contribution is 2.28. The molecule has 0 radical (unpaired) electrons. The summed E-state index contributed by atoms with van der Waals surface area (Å²) in [6.45, 7) is 4.42. The lowest BCUT2D eigenvalue weighted by atomic mass is 10.1. The maximum atomic E-state index is 11.5. The van der Waals surface area contributed by atoms with Gasteiger partial charge in [0, 0.05) is 17.8 Å². The van der Waals surface area contributed by atoms with Crippen molar-refractivity contribution in [3.63, 3.8) is 0 Å². The number of carboxylic acids is 1. The van der Waals surface area contributed by atoms with Gasteiger partial charge in [0.2, 0.25) is 0 Å². The molecule has 0 saturated carbocycles. The van der Waals surface area contributed by atoms with Crippen molar-refractivity contribution in [2.75, 3.05) is 0 Å². The third-order valence-corrected chi connectivity index (χ3v) is 3.91. The zero-order chi connectivity index (χ0) is 17.8. The highest BCUT2D eigenvalue weighted by Gasteiger charge is 2.14. The first-order valence-corrected chi connectivity index (χ1v) is 8.13. The molecule has 0 spiro atoms. The van der Waals surface area contributed by atoms with Crippen LogP contribution < -0.4 is 4.74 Å². The minimum Gasteiger partial charge on any atom is -0.488 e. The van der Waals surface area contributed by atoms with Gasteiger partial charge in [-0.2, -0.15) is 5.10 Å². The SMILES string of the molecule is CC(C)n1cc(-c2ccc(C(=O)O)c(OCc3ccccc3)c2)cn1. The van der Waals surface area contributed by atoms with Gasteiger partial charge in [-0.3, -0.25) is 4.68 Å². The Morgan fingerprint density at radius 3 is 2.56 bits per heavy atom. The van der Waals surface area contributed by atoms with E-state index in [1.54, 1.807) is 24.4 Å². The Balaban J connectivity index is 1.89. The fourth-order valence-corrected chi connectivity index (χ4v) is 2.50. The first-order chi connectivity index (χ1) is 12.0. The van der Waals surface area contributed by atoms with Gasteiger partial charge in [0.1, 0.15) is 17.9 Å². The van der Waals surface area contributed by atoms with Gasteiger partial charge in [0.25, 0.3) is 0 Å². The highest BCUT2D eigenvalue weighted by atomic mass is 16.5. The van der Waals surface area contributed by atoms with Crippen molar-refractivity contribution in [2.45, 2.75) is 26.5 Å². The van der Waals surface area contributed by atoms with Crippen LogP contribution in [0.2, 0.25) is 0 Å². The molecule has 2 aromatic carbocycles. The molecular weight excluding hydrogens is 316 g/mol. The average Bonchev–Trinajstić information content (AvgIpc) is 3.11. The van der Waals surface area contributed by atoms with E-state index in [0.717, 1.165) is 16.7 Å². The molecular formula is C20H20N2O3. The van der Waals surface area contributed by atoms with Gasteiger partial charge in [-0.1, -0.05) is 36.4 Å². The summed E-state index contributed by atoms with van der Waals surface area (Å²) in [4.78, 5) is 11.5. The average molecular weight is 336 g/mol. The molecule has 0 aliphatic heterocycles. The van der Waals surface area contributed by atoms with Crippen molar-refractivity contribution >= 4 is 5.97 Å². The van der Waals surface area contributed by atoms with E-state index in [2.05, 4.69) is 18.9 Å². The normalized spacial score (nSPS) is 10.8. The van der Waals surface area contributed by atoms with Gasteiger partial charge in [-0.05, 0) is 37.1 Å². The monoisotopic (exact) mass is 336 g/mol. The van der Waals surface area contributed by atoms with Crippen molar-refractivity contribution in [2.24, 2.45) is 0 Å². The summed E-state index contributed by atoms with van der Waals surface area (Å²) in [7, 11) is 0. The number of rotatable bonds is 6. The number of hydrogen-bond acceptors (Lipinski definition) is 3. The molecule has 5 nitrogen and oxygen atoms in total. The molecule has 1 heterocycles. The molecule has 0 bridgehead atoms. The van der Waals surface area contributed by atoms with Crippen molar-refractivity contribution < 1.29 is 14.6 Å². The molecule has 3 rings (SSSR count). The zero-order valence-electron chi connectivity index (χ0n) is 14.2. The number of benzene rings is 2. The Kier molecular flexibility index (Phi) is 4.84. The first kappa shape index (κ1) is 16.8. The summed E-state index contributed by atoms with van der Waals surface area (Å²) >= 11 is 0. The predicted octanol–water partition coefficient (Wildman–Crippen LogP) is 4.41. The Morgan fingerprint density at radius 2 is 1.92 bits per heavy atom. The summed E-state index contributed by atoms with van der Waals surface area (Å²) in [6.07, 6.45) is 3.72. The van der Waals surface area contributed by atoms with Gasteiger partial charge in [0.15, 0.2) is 0 Å². The number of aromatic nitrogens is 2. The number of carbonyl (C=O) groups is 1. The van der Waals surface area contributed by atoms with Gasteiger partial charge in [-0.15, -0.1) is 0 Å². The topological polar surface area (TPSA) is 64.4 Å². The molecule has 1 N–H and O–H groups in total. The molecule has 128 valence electrons. The van der Waals surface area contributed by atoms with Gasteiger partial charge >= 0.3 is 5.97 Å². The lowest BCUT2D eigenvalue weighted by molar-refractivity contribution is 0.0692. The van der Waals surface area contributed by atoms with Crippen LogP contribution in [-0.4, -0.2) is 20.9 Å². The second-order valence-corrected chi connectivity index (χ2v) is 6.09. The second kappa shape index (κ2) is 7.21. The van der Waals surface area contributed by atoms with E-state index in [4.69, 9.17) is 4.74 Å². The Labute approximate surface area is 146 Å². The Morgan fingerprint density at radius 1 is 1.16 bits per heavy atom. The minimum absolute atomic E-state index is 0.149. The van der Waals surface area contributed by atoms with E-state index in [9.17, 15) is 9.90 Å². The van der Waals surface area contributed by atoms with E-state index in [0.29, 0.717) is 12.4 Å². The van der Waals surface area contributed by atoms with Crippen LogP contribution >= 0.6 is 0 Å². The van der Waals surface area contributed by atoms with Gasteiger partial charge in [-0.25, -0.2) is 4.79 Å². The van der Waals surface area contributed by atoms with Crippen molar-refractivity contribution in [3.05, 3.63) is 72.1 Å². The summed E-state index contributed by atoms with van der Waals surface area (Å²) in [6, 6.07) is 15.0. The quantitative estimate of drug-likeness (QED) is 0.724. The smallest absolute Gasteiger partial charge is 0.339 e. The van der Waals surface area contributed by atoms with Crippen molar-refractivity contribution in [1.82, 2.24) is 9.78 Å². The van der Waals surface area contributed by atoms with Crippen LogP contribution in [0.3, 0.4) is 0 Å².